The first-order chi connectivity index (χ1) is 10.1. The zero-order valence-corrected chi connectivity index (χ0v) is 13.3. The highest BCUT2D eigenvalue weighted by Crippen LogP contribution is 2.26. The van der Waals surface area contributed by atoms with Crippen LogP contribution < -0.4 is 4.74 Å². The number of carbonyl (C=O) groups is 1. The first-order valence-corrected chi connectivity index (χ1v) is 7.20. The third-order valence-corrected chi connectivity index (χ3v) is 3.80. The Balaban J connectivity index is 2.38. The molecule has 1 unspecified atom stereocenters. The van der Waals surface area contributed by atoms with Gasteiger partial charge in [0.05, 0.1) is 13.2 Å². The fraction of sp³-hybridized carbons (Fsp3) is 0.176. The molecular formula is C17H14BrNO2. The fourth-order valence-corrected chi connectivity index (χ4v) is 2.46. The standard InChI is InChI=1S/C17H14BrNO2/c1-11-3-6-13(18)9-15(11)17(20)16(10-19)12-4-7-14(21-2)8-5-12/h3-9,16H,1-2H3. The Bertz CT molecular complexity index is 702. The molecule has 0 heterocycles. The van der Waals surface area contributed by atoms with Crippen molar-refractivity contribution in [3.8, 4) is 11.8 Å². The number of rotatable bonds is 4. The smallest absolute Gasteiger partial charge is 0.184 e. The minimum atomic E-state index is -0.816. The lowest BCUT2D eigenvalue weighted by Gasteiger charge is -2.11. The maximum absolute atomic E-state index is 12.6. The Labute approximate surface area is 132 Å². The van der Waals surface area contributed by atoms with E-state index in [-0.39, 0.29) is 5.78 Å². The van der Waals surface area contributed by atoms with Gasteiger partial charge in [0.25, 0.3) is 0 Å². The number of benzene rings is 2. The van der Waals surface area contributed by atoms with Crippen molar-refractivity contribution in [2.75, 3.05) is 7.11 Å². The van der Waals surface area contributed by atoms with Crippen LogP contribution in [0.4, 0.5) is 0 Å². The van der Waals surface area contributed by atoms with Gasteiger partial charge in [0, 0.05) is 10.0 Å². The van der Waals surface area contributed by atoms with Gasteiger partial charge in [0.15, 0.2) is 5.78 Å². The van der Waals surface area contributed by atoms with Gasteiger partial charge >= 0.3 is 0 Å². The highest BCUT2D eigenvalue weighted by Gasteiger charge is 2.23. The summed E-state index contributed by atoms with van der Waals surface area (Å²) < 4.78 is 5.91. The highest BCUT2D eigenvalue weighted by molar-refractivity contribution is 9.10. The zero-order chi connectivity index (χ0) is 15.4. The van der Waals surface area contributed by atoms with Crippen molar-refractivity contribution in [1.29, 1.82) is 5.26 Å². The molecule has 0 saturated heterocycles. The molecule has 106 valence electrons. The summed E-state index contributed by atoms with van der Waals surface area (Å²) in [6.45, 7) is 1.86. The lowest BCUT2D eigenvalue weighted by atomic mass is 9.90. The largest absolute Gasteiger partial charge is 0.497 e. The van der Waals surface area contributed by atoms with Crippen molar-refractivity contribution >= 4 is 21.7 Å². The lowest BCUT2D eigenvalue weighted by Crippen LogP contribution is -2.12. The van der Waals surface area contributed by atoms with Gasteiger partial charge in [0.2, 0.25) is 0 Å². The van der Waals surface area contributed by atoms with Crippen LogP contribution >= 0.6 is 15.9 Å². The van der Waals surface area contributed by atoms with Crippen molar-refractivity contribution in [2.45, 2.75) is 12.8 Å². The topological polar surface area (TPSA) is 50.1 Å². The molecule has 2 aromatic carbocycles. The van der Waals surface area contributed by atoms with Crippen molar-refractivity contribution in [3.05, 3.63) is 63.6 Å². The van der Waals surface area contributed by atoms with E-state index in [9.17, 15) is 10.1 Å². The number of aryl methyl sites for hydroxylation is 1. The summed E-state index contributed by atoms with van der Waals surface area (Å²) in [6.07, 6.45) is 0. The number of hydrogen-bond donors (Lipinski definition) is 0. The van der Waals surface area contributed by atoms with Crippen molar-refractivity contribution < 1.29 is 9.53 Å². The van der Waals surface area contributed by atoms with E-state index in [4.69, 9.17) is 4.74 Å². The Morgan fingerprint density at radius 3 is 2.48 bits per heavy atom. The van der Waals surface area contributed by atoms with E-state index < -0.39 is 5.92 Å². The summed E-state index contributed by atoms with van der Waals surface area (Å²) in [7, 11) is 1.58. The number of ketones is 1. The van der Waals surface area contributed by atoms with Crippen LogP contribution in [0.1, 0.15) is 27.4 Å². The van der Waals surface area contributed by atoms with Crippen molar-refractivity contribution in [3.63, 3.8) is 0 Å². The summed E-state index contributed by atoms with van der Waals surface area (Å²) in [5.41, 5.74) is 2.09. The first-order valence-electron chi connectivity index (χ1n) is 6.40. The molecule has 0 spiro atoms. The molecule has 0 aromatic heterocycles. The summed E-state index contributed by atoms with van der Waals surface area (Å²) >= 11 is 3.36. The Morgan fingerprint density at radius 1 is 1.24 bits per heavy atom. The Morgan fingerprint density at radius 2 is 1.90 bits per heavy atom. The normalized spacial score (nSPS) is 11.5. The van der Waals surface area contributed by atoms with E-state index in [0.717, 1.165) is 10.0 Å². The quantitative estimate of drug-likeness (QED) is 0.779. The second kappa shape index (κ2) is 6.55. The average molecular weight is 344 g/mol. The summed E-state index contributed by atoms with van der Waals surface area (Å²) in [5, 5.41) is 9.38. The molecule has 21 heavy (non-hydrogen) atoms. The van der Waals surface area contributed by atoms with E-state index in [1.807, 2.05) is 19.1 Å². The summed E-state index contributed by atoms with van der Waals surface area (Å²) in [5.74, 6) is -0.313. The van der Waals surface area contributed by atoms with E-state index in [0.29, 0.717) is 16.9 Å². The van der Waals surface area contributed by atoms with E-state index >= 15 is 0 Å². The number of nitriles is 1. The van der Waals surface area contributed by atoms with Gasteiger partial charge < -0.3 is 4.74 Å². The van der Waals surface area contributed by atoms with Crippen LogP contribution in [0.25, 0.3) is 0 Å². The zero-order valence-electron chi connectivity index (χ0n) is 11.8. The summed E-state index contributed by atoms with van der Waals surface area (Å²) in [6, 6.07) is 14.6. The molecule has 0 bridgehead atoms. The number of ether oxygens (including phenoxy) is 1. The predicted molar refractivity (Wildman–Crippen MR) is 84.6 cm³/mol. The van der Waals surface area contributed by atoms with Crippen molar-refractivity contribution in [2.24, 2.45) is 0 Å². The van der Waals surface area contributed by atoms with Gasteiger partial charge in [-0.25, -0.2) is 0 Å². The number of methoxy groups -OCH3 is 1. The van der Waals surface area contributed by atoms with E-state index in [2.05, 4.69) is 22.0 Å². The van der Waals surface area contributed by atoms with Crippen LogP contribution in [0.2, 0.25) is 0 Å². The number of nitrogens with zero attached hydrogens (tertiary/aromatic N) is 1. The maximum Gasteiger partial charge on any atom is 0.184 e. The molecule has 0 fully saturated rings. The van der Waals surface area contributed by atoms with Gasteiger partial charge in [-0.15, -0.1) is 0 Å². The maximum atomic E-state index is 12.6. The average Bonchev–Trinajstić information content (AvgIpc) is 2.51. The molecular weight excluding hydrogens is 330 g/mol. The molecule has 2 rings (SSSR count). The molecule has 0 aliphatic rings. The van der Waals surface area contributed by atoms with Gasteiger partial charge in [-0.2, -0.15) is 5.26 Å². The van der Waals surface area contributed by atoms with Crippen LogP contribution in [0.5, 0.6) is 5.75 Å². The third-order valence-electron chi connectivity index (χ3n) is 3.31. The molecule has 0 amide bonds. The Hall–Kier alpha value is -2.12. The molecule has 0 N–H and O–H groups in total. The van der Waals surface area contributed by atoms with Gasteiger partial charge in [0.1, 0.15) is 11.7 Å². The molecule has 0 aliphatic carbocycles. The lowest BCUT2D eigenvalue weighted by molar-refractivity contribution is 0.0978. The Kier molecular flexibility index (Phi) is 4.77. The van der Waals surface area contributed by atoms with Gasteiger partial charge in [-0.3, -0.25) is 4.79 Å². The number of hydrogen-bond acceptors (Lipinski definition) is 3. The third kappa shape index (κ3) is 3.32. The monoisotopic (exact) mass is 343 g/mol. The van der Waals surface area contributed by atoms with E-state index in [1.54, 1.807) is 37.4 Å². The SMILES string of the molecule is COc1ccc(C(C#N)C(=O)c2cc(Br)ccc2C)cc1. The fourth-order valence-electron chi connectivity index (χ4n) is 2.10. The second-order valence-electron chi connectivity index (χ2n) is 4.66. The second-order valence-corrected chi connectivity index (χ2v) is 5.57. The molecule has 4 heteroatoms. The van der Waals surface area contributed by atoms with Crippen LogP contribution in [-0.2, 0) is 0 Å². The number of Topliss-reactive ketones (excluding diaryl/α,β-unsaturated/α-hetero) is 1. The first kappa shape index (κ1) is 15.3. The summed E-state index contributed by atoms with van der Waals surface area (Å²) in [4.78, 5) is 12.6. The van der Waals surface area contributed by atoms with Gasteiger partial charge in [-0.1, -0.05) is 34.1 Å². The number of halogens is 1. The molecule has 1 atom stereocenters. The predicted octanol–water partition coefficient (Wildman–Crippen LogP) is 4.26. The number of carbonyl (C=O) groups excluding carboxylic acids is 1. The van der Waals surface area contributed by atoms with Crippen molar-refractivity contribution in [1.82, 2.24) is 0 Å². The molecule has 2 aromatic rings. The molecule has 0 radical (unpaired) electrons. The van der Waals surface area contributed by atoms with E-state index in [1.165, 1.54) is 0 Å². The minimum Gasteiger partial charge on any atom is -0.497 e. The molecule has 0 aliphatic heterocycles. The molecule has 0 saturated carbocycles. The molecule has 3 nitrogen and oxygen atoms in total. The highest BCUT2D eigenvalue weighted by atomic mass is 79.9. The van der Waals surface area contributed by atoms with Crippen LogP contribution in [-0.4, -0.2) is 12.9 Å². The van der Waals surface area contributed by atoms with Crippen LogP contribution in [0.3, 0.4) is 0 Å². The van der Waals surface area contributed by atoms with Crippen LogP contribution in [0, 0.1) is 18.3 Å². The van der Waals surface area contributed by atoms with Gasteiger partial charge in [-0.05, 0) is 42.3 Å². The van der Waals surface area contributed by atoms with Crippen LogP contribution in [0.15, 0.2) is 46.9 Å². The minimum absolute atomic E-state index is 0.193.